The fourth-order valence-corrected chi connectivity index (χ4v) is 1.99. The van der Waals surface area contributed by atoms with Crippen molar-refractivity contribution < 1.29 is 0 Å². The molecule has 2 fully saturated rings. The van der Waals surface area contributed by atoms with E-state index in [2.05, 4.69) is 0 Å². The molecule has 0 amide bonds. The van der Waals surface area contributed by atoms with Gasteiger partial charge in [0.25, 0.3) is 0 Å². The smallest absolute Gasteiger partial charge is 0.00460 e. The Labute approximate surface area is 56.6 Å². The Morgan fingerprint density at radius 1 is 1.33 bits per heavy atom. The molecule has 2 aliphatic rings. The summed E-state index contributed by atoms with van der Waals surface area (Å²) in [4.78, 5) is 0. The first-order chi connectivity index (χ1) is 4.42. The summed E-state index contributed by atoms with van der Waals surface area (Å²) in [7, 11) is 0. The van der Waals surface area contributed by atoms with Crippen molar-refractivity contribution in [2.24, 2.45) is 23.5 Å². The molecule has 2 atom stereocenters. The van der Waals surface area contributed by atoms with Crippen molar-refractivity contribution in [3.63, 3.8) is 0 Å². The molecule has 0 heterocycles. The van der Waals surface area contributed by atoms with Crippen LogP contribution >= 0.6 is 0 Å². The van der Waals surface area contributed by atoms with Crippen molar-refractivity contribution in [3.05, 3.63) is 0 Å². The number of nitrogens with two attached hydrogens (primary N) is 1. The summed E-state index contributed by atoms with van der Waals surface area (Å²) in [6.45, 7) is 0.946. The van der Waals surface area contributed by atoms with E-state index in [1.54, 1.807) is 0 Å². The van der Waals surface area contributed by atoms with E-state index in [1.807, 2.05) is 0 Å². The van der Waals surface area contributed by atoms with Crippen molar-refractivity contribution in [2.75, 3.05) is 6.54 Å². The lowest BCUT2D eigenvalue weighted by Crippen LogP contribution is -2.16. The van der Waals surface area contributed by atoms with Gasteiger partial charge in [0.1, 0.15) is 0 Å². The van der Waals surface area contributed by atoms with Crippen LogP contribution in [0.2, 0.25) is 0 Å². The summed E-state index contributed by atoms with van der Waals surface area (Å²) in [6, 6.07) is 0. The second kappa shape index (κ2) is 1.98. The van der Waals surface area contributed by atoms with Gasteiger partial charge in [-0.2, -0.15) is 0 Å². The molecule has 2 aliphatic carbocycles. The molecule has 0 aromatic heterocycles. The van der Waals surface area contributed by atoms with E-state index in [9.17, 15) is 0 Å². The highest BCUT2D eigenvalue weighted by Gasteiger charge is 2.43. The maximum atomic E-state index is 5.54. The van der Waals surface area contributed by atoms with Crippen LogP contribution in [0, 0.1) is 17.8 Å². The normalized spacial score (nSPS) is 42.3. The van der Waals surface area contributed by atoms with E-state index in [0.29, 0.717) is 0 Å². The van der Waals surface area contributed by atoms with Crippen molar-refractivity contribution in [1.29, 1.82) is 0 Å². The van der Waals surface area contributed by atoms with Crippen LogP contribution in [0.25, 0.3) is 0 Å². The second-order valence-corrected chi connectivity index (χ2v) is 3.59. The van der Waals surface area contributed by atoms with Crippen LogP contribution in [0.4, 0.5) is 0 Å². The van der Waals surface area contributed by atoms with E-state index in [4.69, 9.17) is 5.73 Å². The van der Waals surface area contributed by atoms with Gasteiger partial charge in [-0.1, -0.05) is 19.3 Å². The molecule has 0 aliphatic heterocycles. The van der Waals surface area contributed by atoms with E-state index in [1.165, 1.54) is 25.7 Å². The van der Waals surface area contributed by atoms with Crippen LogP contribution < -0.4 is 5.73 Å². The van der Waals surface area contributed by atoms with Gasteiger partial charge in [0, 0.05) is 0 Å². The summed E-state index contributed by atoms with van der Waals surface area (Å²) in [5, 5.41) is 0. The first-order valence-electron chi connectivity index (χ1n) is 4.12. The Balaban J connectivity index is 1.76. The Kier molecular flexibility index (Phi) is 1.26. The van der Waals surface area contributed by atoms with Crippen molar-refractivity contribution in [3.8, 4) is 0 Å². The topological polar surface area (TPSA) is 26.0 Å². The average Bonchev–Trinajstić information content (AvgIpc) is 2.42. The minimum atomic E-state index is 0.926. The molecule has 52 valence electrons. The second-order valence-electron chi connectivity index (χ2n) is 3.59. The number of hydrogen-bond donors (Lipinski definition) is 1. The molecule has 0 spiro atoms. The SMILES string of the molecule is NCC1CC1C1CCC1. The summed E-state index contributed by atoms with van der Waals surface area (Å²) in [5.41, 5.74) is 5.54. The van der Waals surface area contributed by atoms with Crippen LogP contribution in [-0.4, -0.2) is 6.54 Å². The molecule has 0 aromatic rings. The van der Waals surface area contributed by atoms with Crippen LogP contribution in [-0.2, 0) is 0 Å². The molecule has 0 radical (unpaired) electrons. The van der Waals surface area contributed by atoms with Crippen LogP contribution in [0.5, 0.6) is 0 Å². The molecule has 1 nitrogen and oxygen atoms in total. The van der Waals surface area contributed by atoms with Gasteiger partial charge >= 0.3 is 0 Å². The first-order valence-corrected chi connectivity index (χ1v) is 4.12. The largest absolute Gasteiger partial charge is 0.330 e. The predicted molar refractivity (Wildman–Crippen MR) is 38.0 cm³/mol. The zero-order valence-corrected chi connectivity index (χ0v) is 5.84. The standard InChI is InChI=1S/C8H15N/c9-5-7-4-8(7)6-2-1-3-6/h6-8H,1-5,9H2. The lowest BCUT2D eigenvalue weighted by atomic mass is 9.81. The van der Waals surface area contributed by atoms with Gasteiger partial charge in [-0.25, -0.2) is 0 Å². The average molecular weight is 125 g/mol. The molecular formula is C8H15N. The molecule has 0 aromatic carbocycles. The highest BCUT2D eigenvalue weighted by Crippen LogP contribution is 2.50. The molecule has 2 rings (SSSR count). The van der Waals surface area contributed by atoms with E-state index in [-0.39, 0.29) is 0 Å². The third-order valence-electron chi connectivity index (χ3n) is 3.04. The van der Waals surface area contributed by atoms with Gasteiger partial charge in [-0.15, -0.1) is 0 Å². The summed E-state index contributed by atoms with van der Waals surface area (Å²) in [6.07, 6.45) is 5.93. The summed E-state index contributed by atoms with van der Waals surface area (Å²) >= 11 is 0. The zero-order chi connectivity index (χ0) is 6.27. The van der Waals surface area contributed by atoms with Gasteiger partial charge in [0.15, 0.2) is 0 Å². The zero-order valence-electron chi connectivity index (χ0n) is 5.84. The maximum absolute atomic E-state index is 5.54. The molecule has 0 saturated heterocycles. The highest BCUT2D eigenvalue weighted by molar-refractivity contribution is 4.94. The Hall–Kier alpha value is -0.0400. The van der Waals surface area contributed by atoms with Gasteiger partial charge in [0.2, 0.25) is 0 Å². The third kappa shape index (κ3) is 0.877. The molecule has 9 heavy (non-hydrogen) atoms. The third-order valence-corrected chi connectivity index (χ3v) is 3.04. The van der Waals surface area contributed by atoms with E-state index in [0.717, 1.165) is 24.3 Å². The minimum Gasteiger partial charge on any atom is -0.330 e. The van der Waals surface area contributed by atoms with E-state index >= 15 is 0 Å². The van der Waals surface area contributed by atoms with Gasteiger partial charge in [-0.05, 0) is 30.7 Å². The van der Waals surface area contributed by atoms with Crippen LogP contribution in [0.15, 0.2) is 0 Å². The molecule has 2 saturated carbocycles. The van der Waals surface area contributed by atoms with Gasteiger partial charge in [-0.3, -0.25) is 0 Å². The molecule has 2 unspecified atom stereocenters. The minimum absolute atomic E-state index is 0.926. The van der Waals surface area contributed by atoms with Crippen molar-refractivity contribution in [2.45, 2.75) is 25.7 Å². The molecular weight excluding hydrogens is 110 g/mol. The Morgan fingerprint density at radius 3 is 2.44 bits per heavy atom. The summed E-state index contributed by atoms with van der Waals surface area (Å²) in [5.74, 6) is 3.08. The number of hydrogen-bond acceptors (Lipinski definition) is 1. The highest BCUT2D eigenvalue weighted by atomic mass is 14.6. The fraction of sp³-hybridized carbons (Fsp3) is 1.00. The quantitative estimate of drug-likeness (QED) is 0.593. The predicted octanol–water partition coefficient (Wildman–Crippen LogP) is 1.38. The molecule has 1 heteroatoms. The maximum Gasteiger partial charge on any atom is -0.00460 e. The van der Waals surface area contributed by atoms with Crippen LogP contribution in [0.1, 0.15) is 25.7 Å². The fourth-order valence-electron chi connectivity index (χ4n) is 1.99. The Bertz CT molecular complexity index is 107. The van der Waals surface area contributed by atoms with Gasteiger partial charge in [0.05, 0.1) is 0 Å². The summed E-state index contributed by atoms with van der Waals surface area (Å²) < 4.78 is 0. The first kappa shape index (κ1) is 5.72. The lowest BCUT2D eigenvalue weighted by Gasteiger charge is -2.25. The Morgan fingerprint density at radius 2 is 2.11 bits per heavy atom. The van der Waals surface area contributed by atoms with Crippen molar-refractivity contribution >= 4 is 0 Å². The number of rotatable bonds is 2. The molecule has 2 N–H and O–H groups in total. The lowest BCUT2D eigenvalue weighted by molar-refractivity contribution is 0.266. The monoisotopic (exact) mass is 125 g/mol. The van der Waals surface area contributed by atoms with E-state index < -0.39 is 0 Å². The van der Waals surface area contributed by atoms with Crippen LogP contribution in [0.3, 0.4) is 0 Å². The van der Waals surface area contributed by atoms with Gasteiger partial charge < -0.3 is 5.73 Å². The van der Waals surface area contributed by atoms with Crippen molar-refractivity contribution in [1.82, 2.24) is 0 Å². The molecule has 0 bridgehead atoms.